The van der Waals surface area contributed by atoms with E-state index >= 15 is 0 Å². The fourth-order valence-electron chi connectivity index (χ4n) is 0.416. The second kappa shape index (κ2) is 5.49. The van der Waals surface area contributed by atoms with E-state index in [1.54, 1.807) is 0 Å². The average molecular weight is 249 g/mol. The number of nitrogens with one attached hydrogen (secondary N) is 2. The molecule has 12 heavy (non-hydrogen) atoms. The molecular formula is C3H4BrN3NaO4. The molecule has 9 heteroatoms. The smallest absolute Gasteiger partial charge is 0.344 e. The fourth-order valence-corrected chi connectivity index (χ4v) is 0.593. The zero-order valence-electron chi connectivity index (χ0n) is 6.05. The molecule has 7 nitrogen and oxygen atoms in total. The van der Waals surface area contributed by atoms with Gasteiger partial charge in [0, 0.05) is 29.6 Å². The summed E-state index contributed by atoms with van der Waals surface area (Å²) < 4.78 is 0.578. The Bertz CT molecular complexity index is 371. The van der Waals surface area contributed by atoms with Crippen LogP contribution in [0.2, 0.25) is 0 Å². The molecule has 1 heterocycles. The topological polar surface area (TPSA) is 119 Å². The molecule has 0 aliphatic rings. The minimum atomic E-state index is -0.814. The first-order valence-corrected chi connectivity index (χ1v) is 2.94. The van der Waals surface area contributed by atoms with Gasteiger partial charge in [-0.25, -0.2) is 14.4 Å². The predicted octanol–water partition coefficient (Wildman–Crippen LogP) is -2.82. The molecule has 1 aromatic heterocycles. The molecule has 0 atom stereocenters. The minimum absolute atomic E-state index is 0. The number of nitrogens with zero attached hydrogens (tertiary/aromatic N) is 1. The number of aromatic amines is 2. The van der Waals surface area contributed by atoms with Gasteiger partial charge in [-0.15, -0.1) is 0 Å². The Hall–Kier alpha value is -0.150. The van der Waals surface area contributed by atoms with Gasteiger partial charge in [0.1, 0.15) is 0 Å². The zero-order chi connectivity index (χ0) is 7.72. The van der Waals surface area contributed by atoms with Gasteiger partial charge in [-0.2, -0.15) is 3.59 Å². The van der Waals surface area contributed by atoms with E-state index in [0.717, 1.165) is 0 Å². The van der Waals surface area contributed by atoms with Gasteiger partial charge in [0.25, 0.3) is 0 Å². The van der Waals surface area contributed by atoms with Crippen LogP contribution in [0, 0.1) is 0 Å². The van der Waals surface area contributed by atoms with Crippen LogP contribution in [0.1, 0.15) is 0 Å². The molecule has 0 saturated carbocycles. The van der Waals surface area contributed by atoms with Crippen molar-refractivity contribution in [3.63, 3.8) is 0 Å². The summed E-state index contributed by atoms with van der Waals surface area (Å²) in [7, 11) is 0. The van der Waals surface area contributed by atoms with E-state index in [1.807, 2.05) is 9.97 Å². The number of rotatable bonds is 0. The maximum absolute atomic E-state index is 10.5. The molecule has 1 rings (SSSR count). The molecule has 0 unspecified atom stereocenters. The van der Waals surface area contributed by atoms with Crippen molar-refractivity contribution >= 4 is 45.7 Å². The third kappa shape index (κ3) is 3.07. The molecule has 1 radical (unpaired) electrons. The molecule has 0 amide bonds. The summed E-state index contributed by atoms with van der Waals surface area (Å²) in [6.45, 7) is 0. The largest absolute Gasteiger partial charge is 0.412 e. The number of hydrogen-bond acceptors (Lipinski definition) is 3. The summed E-state index contributed by atoms with van der Waals surface area (Å²) in [5.74, 6) is 0. The molecule has 0 bridgehead atoms. The second-order valence-electron chi connectivity index (χ2n) is 1.47. The summed E-state index contributed by atoms with van der Waals surface area (Å²) in [4.78, 5) is 35.0. The SMILES string of the molecule is O.O=c1[nH]c(=O)n(Br)c(=O)[nH]1.[Na]. The van der Waals surface area contributed by atoms with E-state index in [-0.39, 0.29) is 35.0 Å². The van der Waals surface area contributed by atoms with Gasteiger partial charge in [-0.1, -0.05) is 0 Å². The summed E-state index contributed by atoms with van der Waals surface area (Å²) >= 11 is 2.60. The van der Waals surface area contributed by atoms with Gasteiger partial charge in [0.05, 0.1) is 16.1 Å². The Kier molecular flexibility index (Phi) is 6.58. The Morgan fingerprint density at radius 1 is 1.08 bits per heavy atom. The van der Waals surface area contributed by atoms with Crippen molar-refractivity contribution in [2.45, 2.75) is 0 Å². The van der Waals surface area contributed by atoms with Crippen LogP contribution in [0.4, 0.5) is 0 Å². The molecule has 0 aromatic carbocycles. The summed E-state index contributed by atoms with van der Waals surface area (Å²) in [6, 6.07) is 0. The monoisotopic (exact) mass is 248 g/mol. The van der Waals surface area contributed by atoms with E-state index in [0.29, 0.717) is 3.59 Å². The minimum Gasteiger partial charge on any atom is -0.412 e. The van der Waals surface area contributed by atoms with Crippen LogP contribution in [0.3, 0.4) is 0 Å². The quantitative estimate of drug-likeness (QED) is 0.482. The molecular weight excluding hydrogens is 245 g/mol. The van der Waals surface area contributed by atoms with Gasteiger partial charge in [0.2, 0.25) is 0 Å². The zero-order valence-corrected chi connectivity index (χ0v) is 9.64. The van der Waals surface area contributed by atoms with Crippen LogP contribution >= 0.6 is 16.1 Å². The Morgan fingerprint density at radius 3 is 1.75 bits per heavy atom. The maximum atomic E-state index is 10.5. The van der Waals surface area contributed by atoms with Crippen LogP contribution in [-0.4, -0.2) is 48.6 Å². The molecule has 0 spiro atoms. The fraction of sp³-hybridized carbons (Fsp3) is 0. The molecule has 1 aromatic rings. The second-order valence-corrected chi connectivity index (χ2v) is 2.18. The van der Waals surface area contributed by atoms with Gasteiger partial charge in [-0.05, 0) is 0 Å². The van der Waals surface area contributed by atoms with E-state index < -0.39 is 17.1 Å². The van der Waals surface area contributed by atoms with Crippen molar-refractivity contribution in [3.05, 3.63) is 31.5 Å². The van der Waals surface area contributed by atoms with Gasteiger partial charge in [-0.3, -0.25) is 9.97 Å². The van der Waals surface area contributed by atoms with Gasteiger partial charge < -0.3 is 5.48 Å². The molecule has 63 valence electrons. The van der Waals surface area contributed by atoms with Crippen molar-refractivity contribution < 1.29 is 5.48 Å². The molecule has 0 fully saturated rings. The van der Waals surface area contributed by atoms with E-state index in [4.69, 9.17) is 0 Å². The number of hydrogen-bond donors (Lipinski definition) is 2. The van der Waals surface area contributed by atoms with Crippen LogP contribution in [0.25, 0.3) is 0 Å². The summed E-state index contributed by atoms with van der Waals surface area (Å²) in [5, 5.41) is 0. The van der Waals surface area contributed by atoms with Gasteiger partial charge in [0.15, 0.2) is 0 Å². The third-order valence-electron chi connectivity index (χ3n) is 0.798. The first-order valence-electron chi connectivity index (χ1n) is 2.23. The predicted molar refractivity (Wildman–Crippen MR) is 45.6 cm³/mol. The van der Waals surface area contributed by atoms with E-state index in [1.165, 1.54) is 0 Å². The maximum Gasteiger partial charge on any atom is 0.344 e. The van der Waals surface area contributed by atoms with Crippen molar-refractivity contribution in [1.82, 2.24) is 13.6 Å². The summed E-state index contributed by atoms with van der Waals surface area (Å²) in [5.41, 5.74) is -2.41. The number of aromatic nitrogens is 3. The normalized spacial score (nSPS) is 8.08. The van der Waals surface area contributed by atoms with Gasteiger partial charge >= 0.3 is 17.1 Å². The summed E-state index contributed by atoms with van der Waals surface area (Å²) in [6.07, 6.45) is 0. The molecule has 4 N–H and O–H groups in total. The molecule has 0 saturated heterocycles. The van der Waals surface area contributed by atoms with E-state index in [2.05, 4.69) is 16.1 Å². The van der Waals surface area contributed by atoms with Crippen molar-refractivity contribution in [2.75, 3.05) is 0 Å². The van der Waals surface area contributed by atoms with E-state index in [9.17, 15) is 14.4 Å². The average Bonchev–Trinajstić information content (AvgIpc) is 1.82. The van der Waals surface area contributed by atoms with Crippen molar-refractivity contribution in [2.24, 2.45) is 0 Å². The van der Waals surface area contributed by atoms with Crippen LogP contribution < -0.4 is 17.1 Å². The van der Waals surface area contributed by atoms with Crippen LogP contribution in [-0.2, 0) is 0 Å². The molecule has 0 aliphatic carbocycles. The van der Waals surface area contributed by atoms with Crippen molar-refractivity contribution in [3.8, 4) is 0 Å². The van der Waals surface area contributed by atoms with Crippen LogP contribution in [0.5, 0.6) is 0 Å². The Morgan fingerprint density at radius 2 is 1.42 bits per heavy atom. The first-order chi connectivity index (χ1) is 4.61. The first kappa shape index (κ1) is 14.4. The van der Waals surface area contributed by atoms with Crippen molar-refractivity contribution in [1.29, 1.82) is 0 Å². The van der Waals surface area contributed by atoms with Crippen LogP contribution in [0.15, 0.2) is 14.4 Å². The Balaban J connectivity index is 0. The standard InChI is InChI=1S/C3H2BrN3O3.Na.H2O/c4-7-2(9)5-1(8)6-3(7)10;;/h(H2,5,6,8,9,10);;1H2. The number of H-pyrrole nitrogens is 2. The Labute approximate surface area is 95.8 Å². The number of halogens is 1. The third-order valence-corrected chi connectivity index (χ3v) is 1.44. The molecule has 0 aliphatic heterocycles.